The second-order valence-corrected chi connectivity index (χ2v) is 6.09. The van der Waals surface area contributed by atoms with Gasteiger partial charge in [0.2, 0.25) is 0 Å². The Morgan fingerprint density at radius 1 is 1.09 bits per heavy atom. The Kier molecular flexibility index (Phi) is 4.55. The van der Waals surface area contributed by atoms with E-state index in [4.69, 9.17) is 0 Å². The average molecular weight is 310 g/mol. The van der Waals surface area contributed by atoms with Crippen LogP contribution in [0.15, 0.2) is 42.7 Å². The Hall–Kier alpha value is -2.43. The number of hydrogen-bond acceptors (Lipinski definition) is 4. The molecule has 0 radical (unpaired) electrons. The molecule has 1 fully saturated rings. The Morgan fingerprint density at radius 2 is 1.83 bits per heavy atom. The zero-order valence-electron chi connectivity index (χ0n) is 13.6. The highest BCUT2D eigenvalue weighted by molar-refractivity contribution is 5.98. The largest absolute Gasteiger partial charge is 0.356 e. The normalized spacial score (nSPS) is 15.5. The van der Waals surface area contributed by atoms with E-state index in [1.54, 1.807) is 25.2 Å². The third kappa shape index (κ3) is 3.33. The van der Waals surface area contributed by atoms with E-state index in [0.29, 0.717) is 11.5 Å². The molecule has 0 N–H and O–H groups in total. The van der Waals surface area contributed by atoms with Crippen molar-refractivity contribution in [3.63, 3.8) is 0 Å². The third-order valence-corrected chi connectivity index (χ3v) is 4.32. The fourth-order valence-electron chi connectivity index (χ4n) is 3.06. The van der Waals surface area contributed by atoms with Crippen LogP contribution in [-0.4, -0.2) is 48.0 Å². The maximum absolute atomic E-state index is 12.3. The van der Waals surface area contributed by atoms with Gasteiger partial charge >= 0.3 is 0 Å². The molecular formula is C18H22N4O. The summed E-state index contributed by atoms with van der Waals surface area (Å²) in [4.78, 5) is 25.1. The van der Waals surface area contributed by atoms with Crippen LogP contribution in [-0.2, 0) is 0 Å². The molecule has 120 valence electrons. The quantitative estimate of drug-likeness (QED) is 0.874. The number of piperidine rings is 1. The minimum atomic E-state index is -0.0000468. The van der Waals surface area contributed by atoms with E-state index in [0.717, 1.165) is 37.4 Å². The van der Waals surface area contributed by atoms with Crippen LogP contribution in [0.3, 0.4) is 0 Å². The van der Waals surface area contributed by atoms with Crippen molar-refractivity contribution in [2.75, 3.05) is 32.1 Å². The van der Waals surface area contributed by atoms with Crippen LogP contribution in [0.4, 0.5) is 5.82 Å². The fourth-order valence-corrected chi connectivity index (χ4v) is 3.06. The van der Waals surface area contributed by atoms with Gasteiger partial charge in [-0.15, -0.1) is 0 Å². The molecule has 0 atom stereocenters. The highest BCUT2D eigenvalue weighted by Crippen LogP contribution is 2.30. The van der Waals surface area contributed by atoms with Crippen molar-refractivity contribution in [3.8, 4) is 0 Å². The lowest BCUT2D eigenvalue weighted by atomic mass is 9.93. The van der Waals surface area contributed by atoms with Gasteiger partial charge in [0.25, 0.3) is 5.91 Å². The van der Waals surface area contributed by atoms with Crippen LogP contribution < -0.4 is 4.90 Å². The molecule has 3 heterocycles. The van der Waals surface area contributed by atoms with Gasteiger partial charge in [-0.1, -0.05) is 6.07 Å². The van der Waals surface area contributed by atoms with Crippen LogP contribution in [0.2, 0.25) is 0 Å². The Labute approximate surface area is 137 Å². The average Bonchev–Trinajstić information content (AvgIpc) is 2.62. The number of hydrogen-bond donors (Lipinski definition) is 0. The summed E-state index contributed by atoms with van der Waals surface area (Å²) in [7, 11) is 3.54. The summed E-state index contributed by atoms with van der Waals surface area (Å²) in [6.07, 6.45) is 5.67. The van der Waals surface area contributed by atoms with Gasteiger partial charge in [-0.2, -0.15) is 0 Å². The third-order valence-electron chi connectivity index (χ3n) is 4.32. The number of amides is 1. The number of rotatable bonds is 3. The Bertz CT molecular complexity index is 664. The molecule has 1 amide bonds. The molecular weight excluding hydrogens is 288 g/mol. The SMILES string of the molecule is CN(C)C(=O)c1cccnc1N1CCC(c2ccccn2)CC1. The zero-order chi connectivity index (χ0) is 16.2. The van der Waals surface area contributed by atoms with E-state index in [9.17, 15) is 4.79 Å². The van der Waals surface area contributed by atoms with Crippen molar-refractivity contribution in [2.45, 2.75) is 18.8 Å². The number of pyridine rings is 2. The van der Waals surface area contributed by atoms with Crippen LogP contribution in [0, 0.1) is 0 Å². The maximum Gasteiger partial charge on any atom is 0.257 e. The van der Waals surface area contributed by atoms with Gasteiger partial charge in [0.05, 0.1) is 5.56 Å². The van der Waals surface area contributed by atoms with Crippen molar-refractivity contribution >= 4 is 11.7 Å². The second-order valence-electron chi connectivity index (χ2n) is 6.09. The van der Waals surface area contributed by atoms with Crippen molar-refractivity contribution in [2.24, 2.45) is 0 Å². The molecule has 2 aromatic rings. The molecule has 1 aliphatic heterocycles. The summed E-state index contributed by atoms with van der Waals surface area (Å²) in [5.74, 6) is 1.29. The minimum Gasteiger partial charge on any atom is -0.356 e. The molecule has 0 aliphatic carbocycles. The first-order valence-electron chi connectivity index (χ1n) is 7.99. The smallest absolute Gasteiger partial charge is 0.257 e. The number of carbonyl (C=O) groups excluding carboxylic acids is 1. The molecule has 3 rings (SSSR count). The van der Waals surface area contributed by atoms with E-state index in [2.05, 4.69) is 20.9 Å². The summed E-state index contributed by atoms with van der Waals surface area (Å²) in [6, 6.07) is 9.77. The van der Waals surface area contributed by atoms with Crippen LogP contribution in [0.1, 0.15) is 34.8 Å². The molecule has 2 aromatic heterocycles. The van der Waals surface area contributed by atoms with Crippen LogP contribution in [0.5, 0.6) is 0 Å². The summed E-state index contributed by atoms with van der Waals surface area (Å²) in [5, 5.41) is 0. The number of nitrogens with zero attached hydrogens (tertiary/aromatic N) is 4. The number of aromatic nitrogens is 2. The first kappa shape index (κ1) is 15.5. The van der Waals surface area contributed by atoms with Gasteiger partial charge in [-0.25, -0.2) is 4.98 Å². The molecule has 1 aliphatic rings. The van der Waals surface area contributed by atoms with Crippen LogP contribution >= 0.6 is 0 Å². The Balaban J connectivity index is 1.74. The topological polar surface area (TPSA) is 49.3 Å². The first-order valence-corrected chi connectivity index (χ1v) is 7.99. The monoisotopic (exact) mass is 310 g/mol. The van der Waals surface area contributed by atoms with Gasteiger partial charge in [0.1, 0.15) is 5.82 Å². The predicted octanol–water partition coefficient (Wildman–Crippen LogP) is 2.56. The summed E-state index contributed by atoms with van der Waals surface area (Å²) < 4.78 is 0. The summed E-state index contributed by atoms with van der Waals surface area (Å²) >= 11 is 0. The summed E-state index contributed by atoms with van der Waals surface area (Å²) in [6.45, 7) is 1.79. The molecule has 0 spiro atoms. The second kappa shape index (κ2) is 6.77. The van der Waals surface area contributed by atoms with E-state index in [-0.39, 0.29) is 5.91 Å². The van der Waals surface area contributed by atoms with Gasteiger partial charge in [0, 0.05) is 51.2 Å². The van der Waals surface area contributed by atoms with Gasteiger partial charge in [-0.3, -0.25) is 9.78 Å². The Morgan fingerprint density at radius 3 is 2.48 bits per heavy atom. The standard InChI is InChI=1S/C18H22N4O/c1-21(2)18(23)15-6-5-11-20-17(15)22-12-8-14(9-13-22)16-7-3-4-10-19-16/h3-7,10-11,14H,8-9,12-13H2,1-2H3. The molecule has 0 saturated carbocycles. The van der Waals surface area contributed by atoms with Gasteiger partial charge in [0.15, 0.2) is 0 Å². The predicted molar refractivity (Wildman–Crippen MR) is 90.7 cm³/mol. The lowest BCUT2D eigenvalue weighted by molar-refractivity contribution is 0.0827. The highest BCUT2D eigenvalue weighted by Gasteiger charge is 2.25. The van der Waals surface area contributed by atoms with E-state index >= 15 is 0 Å². The van der Waals surface area contributed by atoms with Crippen molar-refractivity contribution < 1.29 is 4.79 Å². The lowest BCUT2D eigenvalue weighted by Crippen LogP contribution is -2.35. The molecule has 0 bridgehead atoms. The summed E-state index contributed by atoms with van der Waals surface area (Å²) in [5.41, 5.74) is 1.84. The fraction of sp³-hybridized carbons (Fsp3) is 0.389. The maximum atomic E-state index is 12.3. The number of carbonyl (C=O) groups is 1. The lowest BCUT2D eigenvalue weighted by Gasteiger charge is -2.33. The van der Waals surface area contributed by atoms with Crippen molar-refractivity contribution in [1.29, 1.82) is 0 Å². The van der Waals surface area contributed by atoms with E-state index in [1.165, 1.54) is 0 Å². The highest BCUT2D eigenvalue weighted by atomic mass is 16.2. The van der Waals surface area contributed by atoms with E-state index < -0.39 is 0 Å². The van der Waals surface area contributed by atoms with Crippen LogP contribution in [0.25, 0.3) is 0 Å². The molecule has 0 unspecified atom stereocenters. The van der Waals surface area contributed by atoms with E-state index in [1.807, 2.05) is 30.5 Å². The number of anilines is 1. The molecule has 5 heteroatoms. The van der Waals surface area contributed by atoms with Crippen molar-refractivity contribution in [1.82, 2.24) is 14.9 Å². The molecule has 0 aromatic carbocycles. The molecule has 1 saturated heterocycles. The minimum absolute atomic E-state index is 0.0000468. The molecule has 23 heavy (non-hydrogen) atoms. The first-order chi connectivity index (χ1) is 11.2. The van der Waals surface area contributed by atoms with Gasteiger partial charge in [-0.05, 0) is 37.1 Å². The molecule has 5 nitrogen and oxygen atoms in total. The van der Waals surface area contributed by atoms with Crippen molar-refractivity contribution in [3.05, 3.63) is 54.0 Å². The van der Waals surface area contributed by atoms with Gasteiger partial charge < -0.3 is 9.80 Å². The zero-order valence-corrected chi connectivity index (χ0v) is 13.6.